The first kappa shape index (κ1) is 18.0. The number of likely N-dealkylation sites (N-methyl/N-ethyl adjacent to an activating group) is 1. The summed E-state index contributed by atoms with van der Waals surface area (Å²) in [5, 5.41) is 0.536. The van der Waals surface area contributed by atoms with Gasteiger partial charge in [-0.15, -0.1) is 0 Å². The fraction of sp³-hybridized carbons (Fsp3) is 0.353. The van der Waals surface area contributed by atoms with E-state index in [1.807, 2.05) is 6.07 Å². The van der Waals surface area contributed by atoms with Crippen molar-refractivity contribution in [1.29, 1.82) is 0 Å². The summed E-state index contributed by atoms with van der Waals surface area (Å²) >= 11 is 5.96. The Bertz CT molecular complexity index is 847. The van der Waals surface area contributed by atoms with E-state index in [0.717, 1.165) is 31.9 Å². The number of halogens is 1. The Hall–Kier alpha value is -1.83. The molecule has 0 unspecified atom stereocenters. The minimum Gasteiger partial charge on any atom is -0.368 e. The summed E-state index contributed by atoms with van der Waals surface area (Å²) in [6.07, 6.45) is 1.70. The monoisotopic (exact) mass is 380 g/mol. The van der Waals surface area contributed by atoms with Crippen LogP contribution in [0.1, 0.15) is 5.56 Å². The molecule has 0 amide bonds. The molecule has 1 aliphatic heterocycles. The average molecular weight is 381 g/mol. The molecule has 134 valence electrons. The van der Waals surface area contributed by atoms with Crippen molar-refractivity contribution in [2.75, 3.05) is 42.8 Å². The van der Waals surface area contributed by atoms with Gasteiger partial charge in [0.05, 0.1) is 16.8 Å². The van der Waals surface area contributed by atoms with Crippen LogP contribution in [-0.2, 0) is 10.0 Å². The summed E-state index contributed by atoms with van der Waals surface area (Å²) in [6, 6.07) is 8.19. The van der Waals surface area contributed by atoms with Gasteiger partial charge in [-0.1, -0.05) is 11.6 Å². The van der Waals surface area contributed by atoms with Crippen LogP contribution in [-0.4, -0.2) is 51.5 Å². The topological polar surface area (TPSA) is 65.5 Å². The van der Waals surface area contributed by atoms with Gasteiger partial charge in [-0.05, 0) is 49.9 Å². The summed E-state index contributed by atoms with van der Waals surface area (Å²) < 4.78 is 27.5. The maximum absolute atomic E-state index is 12.5. The molecule has 0 aliphatic carbocycles. The third kappa shape index (κ3) is 4.23. The maximum atomic E-state index is 12.5. The van der Waals surface area contributed by atoms with E-state index < -0.39 is 10.0 Å². The van der Waals surface area contributed by atoms with Crippen molar-refractivity contribution in [2.45, 2.75) is 11.8 Å². The number of aromatic nitrogens is 1. The van der Waals surface area contributed by atoms with E-state index in [1.165, 1.54) is 6.07 Å². The number of hydrogen-bond donors (Lipinski definition) is 1. The van der Waals surface area contributed by atoms with E-state index in [-0.39, 0.29) is 4.90 Å². The molecule has 1 aromatic carbocycles. The van der Waals surface area contributed by atoms with Gasteiger partial charge in [-0.2, -0.15) is 0 Å². The second kappa shape index (κ2) is 7.19. The van der Waals surface area contributed by atoms with Gasteiger partial charge in [-0.3, -0.25) is 4.72 Å². The number of benzene rings is 1. The van der Waals surface area contributed by atoms with Crippen molar-refractivity contribution in [3.63, 3.8) is 0 Å². The van der Waals surface area contributed by atoms with E-state index in [2.05, 4.69) is 26.6 Å². The molecule has 0 radical (unpaired) electrons. The molecule has 25 heavy (non-hydrogen) atoms. The molecule has 0 bridgehead atoms. The van der Waals surface area contributed by atoms with Crippen molar-refractivity contribution in [3.05, 3.63) is 47.1 Å². The summed E-state index contributed by atoms with van der Waals surface area (Å²) in [5.41, 5.74) is 1.71. The molecule has 0 atom stereocenters. The molecule has 1 fully saturated rings. The first-order chi connectivity index (χ1) is 11.8. The summed E-state index contributed by atoms with van der Waals surface area (Å²) in [6.45, 7) is 5.65. The van der Waals surface area contributed by atoms with Crippen LogP contribution < -0.4 is 9.62 Å². The van der Waals surface area contributed by atoms with Gasteiger partial charge in [0.1, 0.15) is 5.82 Å². The number of nitrogens with one attached hydrogen (secondary N) is 1. The van der Waals surface area contributed by atoms with E-state index in [1.54, 1.807) is 31.3 Å². The molecule has 1 saturated heterocycles. The van der Waals surface area contributed by atoms with Gasteiger partial charge in [0.15, 0.2) is 0 Å². The predicted molar refractivity (Wildman–Crippen MR) is 101 cm³/mol. The molecule has 0 spiro atoms. The Morgan fingerprint density at radius 1 is 1.12 bits per heavy atom. The molecule has 2 aromatic rings. The second-order valence-corrected chi connectivity index (χ2v) is 8.30. The van der Waals surface area contributed by atoms with Crippen LogP contribution in [0.15, 0.2) is 41.4 Å². The van der Waals surface area contributed by atoms with Crippen LogP contribution >= 0.6 is 11.6 Å². The number of pyridine rings is 1. The Morgan fingerprint density at radius 2 is 1.84 bits per heavy atom. The first-order valence-corrected chi connectivity index (χ1v) is 9.90. The molecule has 1 aromatic heterocycles. The third-order valence-electron chi connectivity index (χ3n) is 4.29. The number of hydrogen-bond acceptors (Lipinski definition) is 5. The Morgan fingerprint density at radius 3 is 2.44 bits per heavy atom. The number of sulfonamides is 1. The van der Waals surface area contributed by atoms with E-state index in [0.29, 0.717) is 16.4 Å². The molecule has 1 N–H and O–H groups in total. The van der Waals surface area contributed by atoms with Crippen LogP contribution in [0.4, 0.5) is 11.5 Å². The lowest BCUT2D eigenvalue weighted by Gasteiger charge is -2.33. The normalized spacial score (nSPS) is 16.0. The summed E-state index contributed by atoms with van der Waals surface area (Å²) in [5.74, 6) is 0.297. The first-order valence-electron chi connectivity index (χ1n) is 8.04. The lowest BCUT2D eigenvalue weighted by molar-refractivity contribution is 0.313. The second-order valence-electron chi connectivity index (χ2n) is 6.21. The van der Waals surface area contributed by atoms with Gasteiger partial charge in [0.25, 0.3) is 10.0 Å². The standard InChI is InChI=1S/C17H21ClN4O2S/c1-13-11-15(4-5-16(13)18)25(23,24)20-17-6-3-14(12-19-17)22-9-7-21(2)8-10-22/h3-6,11-12H,7-10H2,1-2H3,(H,19,20). The fourth-order valence-electron chi connectivity index (χ4n) is 2.68. The smallest absolute Gasteiger partial charge is 0.263 e. The average Bonchev–Trinajstić information content (AvgIpc) is 2.58. The zero-order valence-electron chi connectivity index (χ0n) is 14.2. The highest BCUT2D eigenvalue weighted by atomic mass is 35.5. The molecule has 8 heteroatoms. The third-order valence-corrected chi connectivity index (χ3v) is 6.07. The minimum absolute atomic E-state index is 0.166. The highest BCUT2D eigenvalue weighted by Crippen LogP contribution is 2.22. The van der Waals surface area contributed by atoms with E-state index >= 15 is 0 Å². The van der Waals surface area contributed by atoms with Crippen LogP contribution in [0.3, 0.4) is 0 Å². The molecule has 0 saturated carbocycles. The molecular weight excluding hydrogens is 360 g/mol. The van der Waals surface area contributed by atoms with Crippen LogP contribution in [0.25, 0.3) is 0 Å². The molecule has 3 rings (SSSR count). The number of rotatable bonds is 4. The lowest BCUT2D eigenvalue weighted by atomic mass is 10.2. The van der Waals surface area contributed by atoms with Crippen molar-refractivity contribution in [3.8, 4) is 0 Å². The molecular formula is C17H21ClN4O2S. The summed E-state index contributed by atoms with van der Waals surface area (Å²) in [7, 11) is -1.59. The zero-order valence-corrected chi connectivity index (χ0v) is 15.8. The number of piperazine rings is 1. The Kier molecular flexibility index (Phi) is 5.17. The zero-order chi connectivity index (χ0) is 18.0. The van der Waals surface area contributed by atoms with Gasteiger partial charge < -0.3 is 9.80 Å². The number of anilines is 2. The highest BCUT2D eigenvalue weighted by Gasteiger charge is 2.17. The van der Waals surface area contributed by atoms with Gasteiger partial charge in [0.2, 0.25) is 0 Å². The minimum atomic E-state index is -3.69. The van der Waals surface area contributed by atoms with Crippen LogP contribution in [0.2, 0.25) is 5.02 Å². The Balaban J connectivity index is 1.73. The fourth-order valence-corrected chi connectivity index (χ4v) is 3.89. The Labute approximate surface area is 153 Å². The molecule has 6 nitrogen and oxygen atoms in total. The van der Waals surface area contributed by atoms with Crippen molar-refractivity contribution in [2.24, 2.45) is 0 Å². The summed E-state index contributed by atoms with van der Waals surface area (Å²) in [4.78, 5) is 8.94. The van der Waals surface area contributed by atoms with Gasteiger partial charge in [0, 0.05) is 31.2 Å². The number of nitrogens with zero attached hydrogens (tertiary/aromatic N) is 3. The molecule has 2 heterocycles. The van der Waals surface area contributed by atoms with E-state index in [4.69, 9.17) is 11.6 Å². The van der Waals surface area contributed by atoms with Crippen molar-refractivity contribution < 1.29 is 8.42 Å². The van der Waals surface area contributed by atoms with Gasteiger partial charge in [-0.25, -0.2) is 13.4 Å². The maximum Gasteiger partial charge on any atom is 0.263 e. The molecule has 1 aliphatic rings. The SMILES string of the molecule is Cc1cc(S(=O)(=O)Nc2ccc(N3CCN(C)CC3)cn2)ccc1Cl. The quantitative estimate of drug-likeness (QED) is 0.883. The number of aryl methyl sites for hydroxylation is 1. The van der Waals surface area contributed by atoms with Crippen LogP contribution in [0, 0.1) is 6.92 Å². The lowest BCUT2D eigenvalue weighted by Crippen LogP contribution is -2.44. The van der Waals surface area contributed by atoms with Gasteiger partial charge >= 0.3 is 0 Å². The van der Waals surface area contributed by atoms with E-state index in [9.17, 15) is 8.42 Å². The predicted octanol–water partition coefficient (Wildman–Crippen LogP) is 2.60. The highest BCUT2D eigenvalue weighted by molar-refractivity contribution is 7.92. The van der Waals surface area contributed by atoms with Crippen LogP contribution in [0.5, 0.6) is 0 Å². The van der Waals surface area contributed by atoms with Crippen molar-refractivity contribution >= 4 is 33.1 Å². The largest absolute Gasteiger partial charge is 0.368 e. The van der Waals surface area contributed by atoms with Crippen molar-refractivity contribution in [1.82, 2.24) is 9.88 Å².